The maximum Gasteiger partial charge on any atom is 0.231 e. The molecule has 2 aromatic rings. The monoisotopic (exact) mass is 351 g/mol. The zero-order valence-corrected chi connectivity index (χ0v) is 15.3. The highest BCUT2D eigenvalue weighted by atomic mass is 35.5. The smallest absolute Gasteiger partial charge is 0.231 e. The van der Waals surface area contributed by atoms with Crippen molar-refractivity contribution in [1.82, 2.24) is 10.2 Å². The molecule has 0 aliphatic rings. The second-order valence-electron chi connectivity index (χ2n) is 5.54. The summed E-state index contributed by atoms with van der Waals surface area (Å²) in [5.74, 6) is 0.179. The van der Waals surface area contributed by atoms with Crippen LogP contribution in [0.15, 0.2) is 24.3 Å². The van der Waals surface area contributed by atoms with Gasteiger partial charge >= 0.3 is 0 Å². The van der Waals surface area contributed by atoms with Gasteiger partial charge in [0.1, 0.15) is 0 Å². The molecule has 0 N–H and O–H groups in total. The van der Waals surface area contributed by atoms with Crippen LogP contribution in [0.1, 0.15) is 39.5 Å². The van der Waals surface area contributed by atoms with E-state index in [-0.39, 0.29) is 11.8 Å². The van der Waals surface area contributed by atoms with Crippen molar-refractivity contribution in [3.63, 3.8) is 0 Å². The molecule has 6 heteroatoms. The molecule has 0 spiro atoms. The van der Waals surface area contributed by atoms with E-state index in [0.29, 0.717) is 10.2 Å². The molecule has 2 rings (SSSR count). The van der Waals surface area contributed by atoms with Crippen LogP contribution in [0, 0.1) is 5.92 Å². The van der Waals surface area contributed by atoms with E-state index in [4.69, 9.17) is 11.6 Å². The van der Waals surface area contributed by atoms with Gasteiger partial charge in [-0.3, -0.25) is 9.69 Å². The van der Waals surface area contributed by atoms with Crippen LogP contribution < -0.4 is 4.90 Å². The zero-order chi connectivity index (χ0) is 16.8. The molecule has 0 aliphatic carbocycles. The maximum atomic E-state index is 12.7. The summed E-state index contributed by atoms with van der Waals surface area (Å²) in [5.41, 5.74) is 0.845. The average molecular weight is 352 g/mol. The number of carbonyl (C=O) groups excluding carboxylic acids is 1. The quantitative estimate of drug-likeness (QED) is 0.702. The van der Waals surface area contributed by atoms with Crippen LogP contribution in [0.25, 0.3) is 10.6 Å². The van der Waals surface area contributed by atoms with Crippen LogP contribution in [-0.4, -0.2) is 23.2 Å². The maximum absolute atomic E-state index is 12.7. The molecule has 23 heavy (non-hydrogen) atoms. The number of nitrogens with zero attached hydrogens (tertiary/aromatic N) is 3. The summed E-state index contributed by atoms with van der Waals surface area (Å²) in [5, 5.41) is 10.3. The van der Waals surface area contributed by atoms with Crippen molar-refractivity contribution in [2.45, 2.75) is 39.5 Å². The molecule has 0 saturated heterocycles. The van der Waals surface area contributed by atoms with Gasteiger partial charge in [-0.1, -0.05) is 67.8 Å². The largest absolute Gasteiger partial charge is 0.290 e. The summed E-state index contributed by atoms with van der Waals surface area (Å²) in [6.45, 7) is 4.22. The third kappa shape index (κ3) is 4.30. The number of amides is 1. The molecule has 1 aromatic heterocycles. The highest BCUT2D eigenvalue weighted by Gasteiger charge is 2.24. The van der Waals surface area contributed by atoms with Gasteiger partial charge in [-0.15, -0.1) is 10.2 Å². The lowest BCUT2D eigenvalue weighted by Gasteiger charge is -2.20. The Morgan fingerprint density at radius 1 is 1.22 bits per heavy atom. The Balaban J connectivity index is 2.19. The van der Waals surface area contributed by atoms with E-state index in [1.165, 1.54) is 11.3 Å². The molecule has 1 amide bonds. The van der Waals surface area contributed by atoms with Crippen molar-refractivity contribution in [3.05, 3.63) is 29.3 Å². The number of hydrogen-bond donors (Lipinski definition) is 0. The zero-order valence-electron chi connectivity index (χ0n) is 13.8. The van der Waals surface area contributed by atoms with Gasteiger partial charge in [0.15, 0.2) is 5.01 Å². The predicted molar refractivity (Wildman–Crippen MR) is 97.1 cm³/mol. The summed E-state index contributed by atoms with van der Waals surface area (Å²) in [6.07, 6.45) is 3.83. The molecule has 0 aliphatic heterocycles. The second-order valence-corrected chi connectivity index (χ2v) is 6.90. The standard InChI is InChI=1S/C17H22ClN3OS/c1-4-8-12(9-5-2)16(22)21(3)17-20-19-15(23-17)13-10-6-7-11-14(13)18/h6-7,10-12H,4-5,8-9H2,1-3H3. The Morgan fingerprint density at radius 2 is 1.87 bits per heavy atom. The van der Waals surface area contributed by atoms with Crippen LogP contribution >= 0.6 is 22.9 Å². The van der Waals surface area contributed by atoms with Crippen molar-refractivity contribution in [1.29, 1.82) is 0 Å². The SMILES string of the molecule is CCCC(CCC)C(=O)N(C)c1nnc(-c2ccccc2Cl)s1. The predicted octanol–water partition coefficient (Wildman–Crippen LogP) is 5.04. The minimum Gasteiger partial charge on any atom is -0.290 e. The fourth-order valence-electron chi connectivity index (χ4n) is 2.55. The summed E-state index contributed by atoms with van der Waals surface area (Å²) in [7, 11) is 1.78. The molecule has 1 aromatic carbocycles. The van der Waals surface area contributed by atoms with Crippen LogP contribution in [0.4, 0.5) is 5.13 Å². The van der Waals surface area contributed by atoms with Gasteiger partial charge in [-0.05, 0) is 18.9 Å². The number of carbonyl (C=O) groups is 1. The van der Waals surface area contributed by atoms with Gasteiger partial charge in [0.2, 0.25) is 11.0 Å². The van der Waals surface area contributed by atoms with Crippen LogP contribution in [0.3, 0.4) is 0 Å². The van der Waals surface area contributed by atoms with Gasteiger partial charge in [-0.25, -0.2) is 0 Å². The Kier molecular flexibility index (Phi) is 6.54. The summed E-state index contributed by atoms with van der Waals surface area (Å²) in [6, 6.07) is 7.52. The first-order valence-electron chi connectivity index (χ1n) is 7.94. The molecular weight excluding hydrogens is 330 g/mol. The number of hydrogen-bond acceptors (Lipinski definition) is 4. The fraction of sp³-hybridized carbons (Fsp3) is 0.471. The average Bonchev–Trinajstić information content (AvgIpc) is 3.03. The van der Waals surface area contributed by atoms with E-state index in [2.05, 4.69) is 24.0 Å². The van der Waals surface area contributed by atoms with Crippen LogP contribution in [0.5, 0.6) is 0 Å². The lowest BCUT2D eigenvalue weighted by Crippen LogP contribution is -2.32. The topological polar surface area (TPSA) is 46.1 Å². The Bertz CT molecular complexity index is 653. The number of halogens is 1. The lowest BCUT2D eigenvalue weighted by atomic mass is 9.97. The van der Waals surface area contributed by atoms with Gasteiger partial charge in [0.05, 0.1) is 5.02 Å². The molecule has 0 bridgehead atoms. The summed E-state index contributed by atoms with van der Waals surface area (Å²) in [4.78, 5) is 14.3. The highest BCUT2D eigenvalue weighted by molar-refractivity contribution is 7.18. The number of rotatable bonds is 7. The third-order valence-electron chi connectivity index (χ3n) is 3.76. The van der Waals surface area contributed by atoms with Gasteiger partial charge in [0, 0.05) is 18.5 Å². The molecule has 0 saturated carbocycles. The normalized spacial score (nSPS) is 11.0. The molecule has 0 unspecified atom stereocenters. The van der Waals surface area contributed by atoms with E-state index in [9.17, 15) is 4.79 Å². The van der Waals surface area contributed by atoms with Crippen molar-refractivity contribution in [3.8, 4) is 10.6 Å². The highest BCUT2D eigenvalue weighted by Crippen LogP contribution is 2.33. The molecule has 0 radical (unpaired) electrons. The van der Waals surface area contributed by atoms with Crippen molar-refractivity contribution in [2.24, 2.45) is 5.92 Å². The minimum absolute atomic E-state index is 0.0580. The van der Waals surface area contributed by atoms with E-state index >= 15 is 0 Å². The molecule has 0 fully saturated rings. The van der Waals surface area contributed by atoms with Gasteiger partial charge in [-0.2, -0.15) is 0 Å². The van der Waals surface area contributed by atoms with Gasteiger partial charge in [0.25, 0.3) is 0 Å². The van der Waals surface area contributed by atoms with E-state index in [0.717, 1.165) is 36.3 Å². The van der Waals surface area contributed by atoms with Crippen LogP contribution in [0.2, 0.25) is 5.02 Å². The summed E-state index contributed by atoms with van der Waals surface area (Å²) >= 11 is 7.59. The lowest BCUT2D eigenvalue weighted by molar-refractivity contribution is -0.122. The van der Waals surface area contributed by atoms with E-state index in [1.807, 2.05) is 24.3 Å². The fourth-order valence-corrected chi connectivity index (χ4v) is 3.68. The van der Waals surface area contributed by atoms with Crippen molar-refractivity contribution < 1.29 is 4.79 Å². The number of anilines is 1. The first-order valence-corrected chi connectivity index (χ1v) is 9.13. The van der Waals surface area contributed by atoms with E-state index < -0.39 is 0 Å². The molecule has 0 atom stereocenters. The molecule has 124 valence electrons. The Hall–Kier alpha value is -1.46. The molecule has 1 heterocycles. The first kappa shape index (κ1) is 17.9. The Morgan fingerprint density at radius 3 is 2.48 bits per heavy atom. The minimum atomic E-state index is 0.0580. The number of benzene rings is 1. The van der Waals surface area contributed by atoms with E-state index in [1.54, 1.807) is 11.9 Å². The Labute approximate surface area is 146 Å². The number of aromatic nitrogens is 2. The van der Waals surface area contributed by atoms with Crippen LogP contribution in [-0.2, 0) is 4.79 Å². The van der Waals surface area contributed by atoms with Crippen molar-refractivity contribution in [2.75, 3.05) is 11.9 Å². The third-order valence-corrected chi connectivity index (χ3v) is 5.12. The molecule has 4 nitrogen and oxygen atoms in total. The second kappa shape index (κ2) is 8.41. The van der Waals surface area contributed by atoms with Gasteiger partial charge < -0.3 is 0 Å². The summed E-state index contributed by atoms with van der Waals surface area (Å²) < 4.78 is 0. The van der Waals surface area contributed by atoms with Crippen molar-refractivity contribution >= 4 is 34.0 Å². The first-order chi connectivity index (χ1) is 11.1. The molecular formula is C17H22ClN3OS.